The van der Waals surface area contributed by atoms with Gasteiger partial charge in [0.15, 0.2) is 5.76 Å². The highest BCUT2D eigenvalue weighted by Gasteiger charge is 2.28. The molecule has 0 bridgehead atoms. The minimum absolute atomic E-state index is 0.263. The summed E-state index contributed by atoms with van der Waals surface area (Å²) in [7, 11) is 0. The lowest BCUT2D eigenvalue weighted by Gasteiger charge is -2.13. The summed E-state index contributed by atoms with van der Waals surface area (Å²) in [5.41, 5.74) is 9.04. The highest BCUT2D eigenvalue weighted by atomic mass is 19.1. The highest BCUT2D eigenvalue weighted by molar-refractivity contribution is 6.09. The number of furan rings is 1. The van der Waals surface area contributed by atoms with Crippen molar-refractivity contribution < 1.29 is 13.6 Å². The van der Waals surface area contributed by atoms with Crippen molar-refractivity contribution in [2.24, 2.45) is 5.10 Å². The SMILES string of the molecule is Cc1ccc(C)c(NC(=O)c2oc3c(c2C)/C(=N/Nc2ccc(F)cc2)CCC3)c1. The molecule has 0 saturated carbocycles. The van der Waals surface area contributed by atoms with Gasteiger partial charge in [0, 0.05) is 23.2 Å². The van der Waals surface area contributed by atoms with E-state index in [1.807, 2.05) is 39.0 Å². The van der Waals surface area contributed by atoms with E-state index >= 15 is 0 Å². The number of benzene rings is 2. The average molecular weight is 405 g/mol. The van der Waals surface area contributed by atoms with E-state index in [2.05, 4.69) is 15.8 Å². The first-order valence-electron chi connectivity index (χ1n) is 10.0. The standard InChI is InChI=1S/C24H24FN3O2/c1-14-7-8-15(2)20(13-14)26-24(29)23-16(3)22-19(5-4-6-21(22)30-23)28-27-18-11-9-17(25)10-12-18/h7-13,27H,4-6H2,1-3H3,(H,26,29)/b28-19+. The Morgan fingerprint density at radius 2 is 1.83 bits per heavy atom. The number of amides is 1. The van der Waals surface area contributed by atoms with Gasteiger partial charge in [0.1, 0.15) is 11.6 Å². The fraction of sp³-hybridized carbons (Fsp3) is 0.250. The molecule has 1 aromatic heterocycles. The average Bonchev–Trinajstić information content (AvgIpc) is 3.08. The van der Waals surface area contributed by atoms with E-state index < -0.39 is 0 Å². The summed E-state index contributed by atoms with van der Waals surface area (Å²) < 4.78 is 19.1. The molecule has 0 radical (unpaired) electrons. The lowest BCUT2D eigenvalue weighted by atomic mass is 9.93. The number of halogens is 1. The van der Waals surface area contributed by atoms with Crippen molar-refractivity contribution in [1.82, 2.24) is 0 Å². The van der Waals surface area contributed by atoms with E-state index in [1.54, 1.807) is 12.1 Å². The van der Waals surface area contributed by atoms with E-state index in [9.17, 15) is 9.18 Å². The quantitative estimate of drug-likeness (QED) is 0.543. The molecule has 0 aliphatic heterocycles. The minimum atomic E-state index is -0.293. The molecule has 1 aliphatic rings. The van der Waals surface area contributed by atoms with E-state index in [0.29, 0.717) is 11.4 Å². The molecule has 0 fully saturated rings. The van der Waals surface area contributed by atoms with Gasteiger partial charge in [-0.25, -0.2) is 4.39 Å². The molecule has 3 aromatic rings. The number of carbonyl (C=O) groups excluding carboxylic acids is 1. The second-order valence-electron chi connectivity index (χ2n) is 7.66. The van der Waals surface area contributed by atoms with Crippen LogP contribution in [-0.2, 0) is 6.42 Å². The highest BCUT2D eigenvalue weighted by Crippen LogP contribution is 2.31. The third-order valence-electron chi connectivity index (χ3n) is 5.34. The Hall–Kier alpha value is -3.41. The maximum atomic E-state index is 13.1. The van der Waals surface area contributed by atoms with Crippen LogP contribution >= 0.6 is 0 Å². The molecule has 5 nitrogen and oxygen atoms in total. The maximum absolute atomic E-state index is 13.1. The predicted octanol–water partition coefficient (Wildman–Crippen LogP) is 5.75. The summed E-state index contributed by atoms with van der Waals surface area (Å²) >= 11 is 0. The van der Waals surface area contributed by atoms with Crippen LogP contribution in [0.4, 0.5) is 15.8 Å². The van der Waals surface area contributed by atoms with Gasteiger partial charge in [-0.15, -0.1) is 0 Å². The maximum Gasteiger partial charge on any atom is 0.291 e. The van der Waals surface area contributed by atoms with Gasteiger partial charge in [-0.05, 0) is 75.1 Å². The Labute approximate surface area is 175 Å². The molecular weight excluding hydrogens is 381 g/mol. The van der Waals surface area contributed by atoms with Crippen molar-refractivity contribution in [3.8, 4) is 0 Å². The van der Waals surface area contributed by atoms with Gasteiger partial charge >= 0.3 is 0 Å². The minimum Gasteiger partial charge on any atom is -0.455 e. The number of fused-ring (bicyclic) bond motifs is 1. The van der Waals surface area contributed by atoms with E-state index in [-0.39, 0.29) is 11.7 Å². The summed E-state index contributed by atoms with van der Waals surface area (Å²) in [4.78, 5) is 12.9. The summed E-state index contributed by atoms with van der Waals surface area (Å²) in [6.45, 7) is 5.84. The molecule has 1 amide bonds. The van der Waals surface area contributed by atoms with Gasteiger partial charge in [-0.1, -0.05) is 12.1 Å². The Bertz CT molecular complexity index is 1130. The van der Waals surface area contributed by atoms with Crippen LogP contribution < -0.4 is 10.7 Å². The van der Waals surface area contributed by atoms with Gasteiger partial charge < -0.3 is 9.73 Å². The van der Waals surface area contributed by atoms with Crippen LogP contribution in [0.1, 0.15) is 51.4 Å². The van der Waals surface area contributed by atoms with Crippen LogP contribution in [0.5, 0.6) is 0 Å². The largest absolute Gasteiger partial charge is 0.455 e. The Kier molecular flexibility index (Phi) is 5.40. The second-order valence-corrected chi connectivity index (χ2v) is 7.66. The first-order valence-corrected chi connectivity index (χ1v) is 10.0. The fourth-order valence-corrected chi connectivity index (χ4v) is 3.70. The van der Waals surface area contributed by atoms with Gasteiger partial charge in [0.25, 0.3) is 5.91 Å². The van der Waals surface area contributed by atoms with Crippen LogP contribution in [0.15, 0.2) is 52.0 Å². The predicted molar refractivity (Wildman–Crippen MR) is 117 cm³/mol. The zero-order valence-electron chi connectivity index (χ0n) is 17.3. The van der Waals surface area contributed by atoms with E-state index in [0.717, 1.165) is 58.7 Å². The molecule has 154 valence electrons. The number of hydrazone groups is 1. The normalized spacial score (nSPS) is 14.5. The lowest BCUT2D eigenvalue weighted by molar-refractivity contribution is 0.0994. The summed E-state index contributed by atoms with van der Waals surface area (Å²) in [6, 6.07) is 12.0. The van der Waals surface area contributed by atoms with E-state index in [4.69, 9.17) is 4.42 Å². The number of rotatable bonds is 4. The van der Waals surface area contributed by atoms with Crippen molar-refractivity contribution in [1.29, 1.82) is 0 Å². The molecule has 4 rings (SSSR count). The van der Waals surface area contributed by atoms with Crippen molar-refractivity contribution in [3.05, 3.63) is 82.1 Å². The van der Waals surface area contributed by atoms with Gasteiger partial charge in [-0.2, -0.15) is 5.10 Å². The van der Waals surface area contributed by atoms with Gasteiger partial charge in [0.05, 0.1) is 11.4 Å². The summed E-state index contributed by atoms with van der Waals surface area (Å²) in [6.07, 6.45) is 2.43. The molecular formula is C24H24FN3O2. The molecule has 1 aliphatic carbocycles. The number of nitrogens with one attached hydrogen (secondary N) is 2. The first-order chi connectivity index (χ1) is 14.4. The molecule has 30 heavy (non-hydrogen) atoms. The number of hydrogen-bond acceptors (Lipinski definition) is 4. The number of carbonyl (C=O) groups is 1. The molecule has 0 spiro atoms. The monoisotopic (exact) mass is 405 g/mol. The third-order valence-corrected chi connectivity index (χ3v) is 5.34. The number of anilines is 2. The van der Waals surface area contributed by atoms with Crippen LogP contribution in [0.25, 0.3) is 0 Å². The Morgan fingerprint density at radius 1 is 1.07 bits per heavy atom. The van der Waals surface area contributed by atoms with Crippen LogP contribution in [0.2, 0.25) is 0 Å². The fourth-order valence-electron chi connectivity index (χ4n) is 3.70. The van der Waals surface area contributed by atoms with Crippen molar-refractivity contribution in [2.45, 2.75) is 40.0 Å². The van der Waals surface area contributed by atoms with Gasteiger partial charge in [0.2, 0.25) is 0 Å². The molecule has 0 saturated heterocycles. The molecule has 6 heteroatoms. The summed E-state index contributed by atoms with van der Waals surface area (Å²) in [5.74, 6) is 0.543. The molecule has 0 unspecified atom stereocenters. The molecule has 2 aromatic carbocycles. The first kappa shape index (κ1) is 19.9. The molecule has 1 heterocycles. The Balaban J connectivity index is 1.60. The zero-order chi connectivity index (χ0) is 21.3. The van der Waals surface area contributed by atoms with Crippen molar-refractivity contribution >= 4 is 23.0 Å². The van der Waals surface area contributed by atoms with Crippen molar-refractivity contribution in [3.63, 3.8) is 0 Å². The third kappa shape index (κ3) is 3.99. The lowest BCUT2D eigenvalue weighted by Crippen LogP contribution is -2.15. The van der Waals surface area contributed by atoms with Gasteiger partial charge in [-0.3, -0.25) is 10.2 Å². The van der Waals surface area contributed by atoms with E-state index in [1.165, 1.54) is 12.1 Å². The smallest absolute Gasteiger partial charge is 0.291 e. The number of aryl methyl sites for hydroxylation is 3. The Morgan fingerprint density at radius 3 is 2.60 bits per heavy atom. The van der Waals surface area contributed by atoms with Crippen molar-refractivity contribution in [2.75, 3.05) is 10.7 Å². The van der Waals surface area contributed by atoms with Crippen LogP contribution in [0.3, 0.4) is 0 Å². The van der Waals surface area contributed by atoms with Crippen LogP contribution in [0, 0.1) is 26.6 Å². The number of hydrogen-bond donors (Lipinski definition) is 2. The summed E-state index contributed by atoms with van der Waals surface area (Å²) in [5, 5.41) is 7.49. The zero-order valence-corrected chi connectivity index (χ0v) is 17.3. The van der Waals surface area contributed by atoms with Crippen LogP contribution in [-0.4, -0.2) is 11.6 Å². The topological polar surface area (TPSA) is 66.6 Å². The molecule has 0 atom stereocenters. The number of nitrogens with zero attached hydrogens (tertiary/aromatic N) is 1. The molecule has 2 N–H and O–H groups in total. The second kappa shape index (κ2) is 8.14.